The van der Waals surface area contributed by atoms with Crippen molar-refractivity contribution in [3.8, 4) is 5.75 Å². The van der Waals surface area contributed by atoms with E-state index in [2.05, 4.69) is 26.3 Å². The molecule has 2 aromatic carbocycles. The van der Waals surface area contributed by atoms with E-state index in [-0.39, 0.29) is 59.9 Å². The monoisotopic (exact) mass is 789 g/mol. The van der Waals surface area contributed by atoms with Crippen LogP contribution in [0.2, 0.25) is 5.32 Å². The number of aliphatic imine (C=N–C) groups is 1. The fourth-order valence-electron chi connectivity index (χ4n) is 4.98. The van der Waals surface area contributed by atoms with Gasteiger partial charge in [0.2, 0.25) is 5.91 Å². The Morgan fingerprint density at radius 2 is 1.29 bits per heavy atom. The fraction of sp³-hybridized carbons (Fsp3) is 0.457. The number of amides is 5. The number of nitrogens with two attached hydrogens (primary N) is 4. The second-order valence-corrected chi connectivity index (χ2v) is 14.8. The van der Waals surface area contributed by atoms with Gasteiger partial charge < -0.3 is 22.3 Å². The minimum atomic E-state index is -1.19. The second-order valence-electron chi connectivity index (χ2n) is 12.7. The van der Waals surface area contributed by atoms with Gasteiger partial charge in [0.15, 0.2) is 5.96 Å². The Balaban J connectivity index is 2.26. The maximum atomic E-state index is 13.8. The number of hydrogen-bond donors (Lipinski definition) is 9. The van der Waals surface area contributed by atoms with E-state index in [1.165, 1.54) is 19.1 Å². The predicted octanol–water partition coefficient (Wildman–Crippen LogP) is -1.30. The van der Waals surface area contributed by atoms with Gasteiger partial charge in [0.05, 0.1) is 6.04 Å². The summed E-state index contributed by atoms with van der Waals surface area (Å²) in [5.74, 6) is -3.27. The molecule has 0 radical (unpaired) electrons. The van der Waals surface area contributed by atoms with Gasteiger partial charge in [-0.15, -0.1) is 0 Å². The number of nitrogens with zero attached hydrogens (tertiary/aromatic N) is 1. The normalized spacial score (nSPS) is 13.8. The van der Waals surface area contributed by atoms with Crippen molar-refractivity contribution in [2.24, 2.45) is 33.8 Å². The molecule has 0 aromatic heterocycles. The van der Waals surface area contributed by atoms with Crippen LogP contribution in [-0.2, 0) is 41.6 Å². The summed E-state index contributed by atoms with van der Waals surface area (Å²) in [7, 11) is 0. The van der Waals surface area contributed by atoms with Crippen LogP contribution in [-0.4, -0.2) is 97.0 Å². The summed E-state index contributed by atoms with van der Waals surface area (Å²) in [6.45, 7) is 5.39. The number of guanidine groups is 1. The van der Waals surface area contributed by atoms with E-state index in [4.69, 9.17) is 22.9 Å². The number of nitrogens with one attached hydrogen (secondary N) is 4. The standard InChI is InChI=1S/C35H51N9O7Se/c1-20(2)16-25(36)31(48)43-27(17-23-11-13-24(45)14-12-23)33(50)42-26(10-7-15-40-35(38)39)32(49)41-21(3)30(47)44-28(34(51)52-19-29(37)46)18-22-8-5-4-6-9-22/h4-6,8-9,11-14,20-21,25-28,45H,7,10,15-19,36H2,1-3H3,(H2,37,46)(H,41,49)(H,42,50)(H,43,48)(H,44,47)(H4,38,39,40)/t21-,25-,26-,27-,28-/m0/s1. The van der Waals surface area contributed by atoms with Gasteiger partial charge in [-0.2, -0.15) is 0 Å². The molecule has 0 aliphatic carbocycles. The van der Waals surface area contributed by atoms with Crippen LogP contribution in [0, 0.1) is 5.92 Å². The molecular formula is C35H51N9O7Se. The third kappa shape index (κ3) is 16.4. The van der Waals surface area contributed by atoms with Crippen LogP contribution in [0.15, 0.2) is 59.6 Å². The van der Waals surface area contributed by atoms with E-state index in [0.717, 1.165) is 5.56 Å². The summed E-state index contributed by atoms with van der Waals surface area (Å²) in [4.78, 5) is 82.0. The SMILES string of the molecule is CC(C)C[C@H](N)C(=O)N[C@@H](Cc1ccc(O)cc1)C(=O)N[C@@H](CCCN=C(N)N)C(=O)N[C@@H](C)C(=O)N[C@@H](Cc1ccccc1)C(=O)[Se]CC(N)=O. The molecule has 0 unspecified atom stereocenters. The summed E-state index contributed by atoms with van der Waals surface area (Å²) in [6.07, 6.45) is 0.868. The third-order valence-corrected chi connectivity index (χ3v) is 9.74. The molecule has 0 aliphatic rings. The van der Waals surface area contributed by atoms with Crippen molar-refractivity contribution in [1.82, 2.24) is 21.3 Å². The van der Waals surface area contributed by atoms with Gasteiger partial charge >= 0.3 is 204 Å². The molecule has 2 aromatic rings. The zero-order chi connectivity index (χ0) is 38.8. The van der Waals surface area contributed by atoms with Gasteiger partial charge in [-0.25, -0.2) is 0 Å². The predicted molar refractivity (Wildman–Crippen MR) is 197 cm³/mol. The van der Waals surface area contributed by atoms with Gasteiger partial charge in [0.25, 0.3) is 0 Å². The van der Waals surface area contributed by atoms with E-state index >= 15 is 0 Å². The third-order valence-electron chi connectivity index (χ3n) is 7.64. The fourth-order valence-corrected chi connectivity index (χ4v) is 6.30. The van der Waals surface area contributed by atoms with E-state index in [0.29, 0.717) is 12.0 Å². The first-order valence-electron chi connectivity index (χ1n) is 16.8. The Bertz CT molecular complexity index is 1540. The summed E-state index contributed by atoms with van der Waals surface area (Å²) in [6, 6.07) is 9.70. The zero-order valence-electron chi connectivity index (χ0n) is 29.7. The molecule has 0 bridgehead atoms. The van der Waals surface area contributed by atoms with E-state index in [9.17, 15) is 33.9 Å². The summed E-state index contributed by atoms with van der Waals surface area (Å²) < 4.78 is -0.346. The topological polar surface area (TPSA) is 287 Å². The average molecular weight is 789 g/mol. The molecule has 0 spiro atoms. The van der Waals surface area contributed by atoms with E-state index in [1.807, 2.05) is 19.9 Å². The van der Waals surface area contributed by atoms with Crippen LogP contribution in [0.1, 0.15) is 51.2 Å². The van der Waals surface area contributed by atoms with Crippen LogP contribution in [0.3, 0.4) is 0 Å². The number of carbonyl (C=O) groups is 6. The molecule has 0 fully saturated rings. The van der Waals surface area contributed by atoms with Crippen molar-refractivity contribution >= 4 is 55.1 Å². The summed E-state index contributed by atoms with van der Waals surface area (Å²) >= 11 is -0.819. The van der Waals surface area contributed by atoms with E-state index < -0.39 is 74.7 Å². The Morgan fingerprint density at radius 3 is 1.88 bits per heavy atom. The Kier molecular flexibility index (Phi) is 18.3. The van der Waals surface area contributed by atoms with Crippen molar-refractivity contribution < 1.29 is 33.9 Å². The van der Waals surface area contributed by atoms with Crippen molar-refractivity contribution in [3.05, 3.63) is 65.7 Å². The second kappa shape index (κ2) is 22.1. The quantitative estimate of drug-likeness (QED) is 0.0294. The number of rotatable bonds is 22. The molecule has 2 rings (SSSR count). The van der Waals surface area contributed by atoms with Crippen LogP contribution >= 0.6 is 0 Å². The molecule has 0 saturated carbocycles. The number of aromatic hydroxyl groups is 1. The zero-order valence-corrected chi connectivity index (χ0v) is 31.4. The molecule has 17 heteroatoms. The number of hydrogen-bond acceptors (Lipinski definition) is 9. The number of carbonyl (C=O) groups excluding carboxylic acids is 6. The Hall–Kier alpha value is -4.99. The van der Waals surface area contributed by atoms with Crippen LogP contribution < -0.4 is 44.2 Å². The van der Waals surface area contributed by atoms with Gasteiger partial charge in [-0.3, -0.25) is 4.79 Å². The molecule has 0 aliphatic heterocycles. The van der Waals surface area contributed by atoms with E-state index in [1.54, 1.807) is 36.4 Å². The van der Waals surface area contributed by atoms with Gasteiger partial charge in [0, 0.05) is 0 Å². The summed E-state index contributed by atoms with van der Waals surface area (Å²) in [5, 5.41) is 20.3. The molecule has 5 amide bonds. The first-order valence-corrected chi connectivity index (χ1v) is 18.9. The van der Waals surface area contributed by atoms with Crippen molar-refractivity contribution in [3.63, 3.8) is 0 Å². The van der Waals surface area contributed by atoms with Crippen molar-refractivity contribution in [1.29, 1.82) is 0 Å². The number of phenols is 1. The molecule has 16 nitrogen and oxygen atoms in total. The molecule has 0 saturated heterocycles. The van der Waals surface area contributed by atoms with Crippen LogP contribution in [0.25, 0.3) is 0 Å². The van der Waals surface area contributed by atoms with Crippen molar-refractivity contribution in [2.45, 2.75) is 88.4 Å². The molecule has 284 valence electrons. The minimum absolute atomic E-state index is 0.0154. The van der Waals surface area contributed by atoms with Crippen molar-refractivity contribution in [2.75, 3.05) is 6.54 Å². The van der Waals surface area contributed by atoms with Crippen LogP contribution in [0.5, 0.6) is 5.75 Å². The molecule has 5 atom stereocenters. The molecule has 52 heavy (non-hydrogen) atoms. The molecular weight excluding hydrogens is 737 g/mol. The number of phenolic OH excluding ortho intramolecular Hbond substituents is 1. The van der Waals surface area contributed by atoms with Gasteiger partial charge in [-0.05, 0) is 30.0 Å². The Morgan fingerprint density at radius 1 is 0.731 bits per heavy atom. The Labute approximate surface area is 309 Å². The first kappa shape index (κ1) is 43.2. The van der Waals surface area contributed by atoms with Crippen LogP contribution in [0.4, 0.5) is 0 Å². The molecule has 0 heterocycles. The average Bonchev–Trinajstić information content (AvgIpc) is 3.08. The maximum absolute atomic E-state index is 13.8. The van der Waals surface area contributed by atoms with Gasteiger partial charge in [-0.1, -0.05) is 26.0 Å². The number of primary amides is 1. The summed E-state index contributed by atoms with van der Waals surface area (Å²) in [5.41, 5.74) is 23.6. The number of benzene rings is 2. The molecule has 13 N–H and O–H groups in total. The first-order chi connectivity index (χ1) is 24.5. The van der Waals surface area contributed by atoms with Gasteiger partial charge in [0.1, 0.15) is 5.75 Å².